The number of esters is 1. The van der Waals surface area contributed by atoms with Crippen LogP contribution < -0.4 is 4.74 Å². The van der Waals surface area contributed by atoms with Gasteiger partial charge in [-0.15, -0.1) is 11.3 Å². The van der Waals surface area contributed by atoms with Gasteiger partial charge in [-0.25, -0.2) is 4.79 Å². The molecule has 0 radical (unpaired) electrons. The third kappa shape index (κ3) is 2.74. The molecule has 0 N–H and O–H groups in total. The van der Waals surface area contributed by atoms with Gasteiger partial charge in [0.05, 0.1) is 13.2 Å². The number of hydrogen-bond acceptors (Lipinski definition) is 5. The van der Waals surface area contributed by atoms with E-state index in [2.05, 4.69) is 4.74 Å². The summed E-state index contributed by atoms with van der Waals surface area (Å²) in [6.07, 6.45) is 2.35. The van der Waals surface area contributed by atoms with Crippen LogP contribution >= 0.6 is 11.3 Å². The van der Waals surface area contributed by atoms with Crippen molar-refractivity contribution in [1.29, 1.82) is 0 Å². The molecule has 5 heteroatoms. The lowest BCUT2D eigenvalue weighted by atomic mass is 10.2. The summed E-state index contributed by atoms with van der Waals surface area (Å²) in [5.41, 5.74) is 0. The van der Waals surface area contributed by atoms with Crippen LogP contribution in [0.3, 0.4) is 0 Å². The molecule has 1 aliphatic rings. The van der Waals surface area contributed by atoms with E-state index in [0.717, 1.165) is 19.4 Å². The first-order chi connectivity index (χ1) is 7.79. The maximum Gasteiger partial charge on any atom is 0.348 e. The molecule has 2 rings (SSSR count). The average molecular weight is 242 g/mol. The molecule has 88 valence electrons. The number of carbonyl (C=O) groups is 1. The summed E-state index contributed by atoms with van der Waals surface area (Å²) in [5.74, 6) is 0.387. The minimum atomic E-state index is -0.322. The van der Waals surface area contributed by atoms with Gasteiger partial charge in [0.1, 0.15) is 17.2 Å². The fraction of sp³-hybridized carbons (Fsp3) is 0.545. The van der Waals surface area contributed by atoms with Crippen LogP contribution in [0.4, 0.5) is 0 Å². The highest BCUT2D eigenvalue weighted by Gasteiger charge is 2.17. The van der Waals surface area contributed by atoms with Gasteiger partial charge >= 0.3 is 5.97 Å². The zero-order chi connectivity index (χ0) is 11.4. The molecule has 0 aromatic carbocycles. The third-order valence-electron chi connectivity index (χ3n) is 2.42. The number of hydrogen-bond donors (Lipinski definition) is 0. The Kier molecular flexibility index (Phi) is 3.79. The molecule has 4 nitrogen and oxygen atoms in total. The molecule has 1 aromatic rings. The van der Waals surface area contributed by atoms with Crippen LogP contribution in [0.25, 0.3) is 0 Å². The first kappa shape index (κ1) is 11.4. The maximum absolute atomic E-state index is 11.2. The van der Waals surface area contributed by atoms with E-state index in [1.165, 1.54) is 18.4 Å². The predicted molar refractivity (Wildman–Crippen MR) is 60.1 cm³/mol. The smallest absolute Gasteiger partial charge is 0.348 e. The molecule has 1 atom stereocenters. The lowest BCUT2D eigenvalue weighted by Crippen LogP contribution is -2.15. The minimum Gasteiger partial charge on any atom is -0.490 e. The lowest BCUT2D eigenvalue weighted by molar-refractivity contribution is 0.0604. The third-order valence-corrected chi connectivity index (χ3v) is 3.31. The van der Waals surface area contributed by atoms with Crippen molar-refractivity contribution in [2.45, 2.75) is 18.9 Å². The summed E-state index contributed by atoms with van der Waals surface area (Å²) < 4.78 is 15.6. The lowest BCUT2D eigenvalue weighted by Gasteiger charge is -2.09. The van der Waals surface area contributed by atoms with Gasteiger partial charge in [0, 0.05) is 18.1 Å². The van der Waals surface area contributed by atoms with Crippen molar-refractivity contribution < 1.29 is 19.0 Å². The number of rotatable bonds is 4. The summed E-state index contributed by atoms with van der Waals surface area (Å²) in [7, 11) is 1.37. The van der Waals surface area contributed by atoms with Crippen LogP contribution in [0, 0.1) is 0 Å². The van der Waals surface area contributed by atoms with Crippen LogP contribution in [0.1, 0.15) is 22.5 Å². The van der Waals surface area contributed by atoms with Crippen LogP contribution in [-0.2, 0) is 9.47 Å². The first-order valence-corrected chi connectivity index (χ1v) is 6.09. The van der Waals surface area contributed by atoms with E-state index >= 15 is 0 Å². The van der Waals surface area contributed by atoms with Crippen molar-refractivity contribution in [1.82, 2.24) is 0 Å². The van der Waals surface area contributed by atoms with E-state index in [1.807, 2.05) is 0 Å². The Balaban J connectivity index is 1.85. The molecule has 1 aliphatic heterocycles. The fourth-order valence-electron chi connectivity index (χ4n) is 1.57. The van der Waals surface area contributed by atoms with Crippen LogP contribution in [0.5, 0.6) is 5.75 Å². The van der Waals surface area contributed by atoms with Gasteiger partial charge in [-0.05, 0) is 12.8 Å². The van der Waals surface area contributed by atoms with Gasteiger partial charge in [-0.2, -0.15) is 0 Å². The molecular weight excluding hydrogens is 228 g/mol. The van der Waals surface area contributed by atoms with Crippen LogP contribution in [0.2, 0.25) is 0 Å². The van der Waals surface area contributed by atoms with Crippen LogP contribution in [0.15, 0.2) is 11.4 Å². The zero-order valence-electron chi connectivity index (χ0n) is 9.10. The molecule has 1 aromatic heterocycles. The van der Waals surface area contributed by atoms with Crippen molar-refractivity contribution in [3.63, 3.8) is 0 Å². The Labute approximate surface area is 98.1 Å². The van der Waals surface area contributed by atoms with E-state index in [0.29, 0.717) is 17.2 Å². The average Bonchev–Trinajstić information content (AvgIpc) is 2.96. The molecule has 0 bridgehead atoms. The van der Waals surface area contributed by atoms with E-state index in [9.17, 15) is 4.79 Å². The number of thiophene rings is 1. The summed E-state index contributed by atoms with van der Waals surface area (Å²) in [6.45, 7) is 1.38. The van der Waals surface area contributed by atoms with Gasteiger partial charge in [0.15, 0.2) is 0 Å². The van der Waals surface area contributed by atoms with E-state index in [4.69, 9.17) is 9.47 Å². The van der Waals surface area contributed by atoms with Crippen molar-refractivity contribution >= 4 is 17.3 Å². The van der Waals surface area contributed by atoms with Gasteiger partial charge < -0.3 is 14.2 Å². The van der Waals surface area contributed by atoms with Gasteiger partial charge in [0.25, 0.3) is 0 Å². The summed E-state index contributed by atoms with van der Waals surface area (Å²) in [5, 5.41) is 1.81. The largest absolute Gasteiger partial charge is 0.490 e. The summed E-state index contributed by atoms with van der Waals surface area (Å²) >= 11 is 1.32. The highest BCUT2D eigenvalue weighted by Crippen LogP contribution is 2.23. The van der Waals surface area contributed by atoms with Crippen molar-refractivity contribution in [3.05, 3.63) is 16.3 Å². The normalized spacial score (nSPS) is 19.7. The molecule has 0 unspecified atom stereocenters. The number of methoxy groups -OCH3 is 1. The molecule has 0 spiro atoms. The molecule has 1 fully saturated rings. The molecule has 1 saturated heterocycles. The summed E-state index contributed by atoms with van der Waals surface area (Å²) in [4.78, 5) is 11.8. The molecule has 0 amide bonds. The van der Waals surface area contributed by atoms with E-state index in [1.54, 1.807) is 11.4 Å². The molecule has 0 aliphatic carbocycles. The highest BCUT2D eigenvalue weighted by molar-refractivity contribution is 7.12. The Morgan fingerprint density at radius 2 is 2.56 bits per heavy atom. The SMILES string of the molecule is COC(=O)c1cc(OC[C@H]2CCCO2)cs1. The van der Waals surface area contributed by atoms with Crippen molar-refractivity contribution in [2.24, 2.45) is 0 Å². The standard InChI is InChI=1S/C11H14O4S/c1-13-11(12)10-5-9(7-16-10)15-6-8-3-2-4-14-8/h5,7-8H,2-4,6H2,1H3/t8-/m1/s1. The zero-order valence-corrected chi connectivity index (χ0v) is 9.92. The molecule has 2 heterocycles. The number of carbonyl (C=O) groups excluding carboxylic acids is 1. The second-order valence-electron chi connectivity index (χ2n) is 3.58. The first-order valence-electron chi connectivity index (χ1n) is 5.21. The molecular formula is C11H14O4S. The number of ether oxygens (including phenoxy) is 3. The van der Waals surface area contributed by atoms with Crippen molar-refractivity contribution in [2.75, 3.05) is 20.3 Å². The Hall–Kier alpha value is -1.07. The monoisotopic (exact) mass is 242 g/mol. The quantitative estimate of drug-likeness (QED) is 0.758. The maximum atomic E-state index is 11.2. The summed E-state index contributed by atoms with van der Waals surface area (Å²) in [6, 6.07) is 1.70. The predicted octanol–water partition coefficient (Wildman–Crippen LogP) is 2.09. The van der Waals surface area contributed by atoms with Crippen LogP contribution in [-0.4, -0.2) is 32.4 Å². The van der Waals surface area contributed by atoms with E-state index < -0.39 is 0 Å². The molecule has 16 heavy (non-hydrogen) atoms. The second kappa shape index (κ2) is 5.32. The van der Waals surface area contributed by atoms with Crippen molar-refractivity contribution in [3.8, 4) is 5.75 Å². The van der Waals surface area contributed by atoms with Gasteiger partial charge in [-0.3, -0.25) is 0 Å². The van der Waals surface area contributed by atoms with E-state index in [-0.39, 0.29) is 12.1 Å². The molecule has 0 saturated carbocycles. The minimum absolute atomic E-state index is 0.196. The fourth-order valence-corrected chi connectivity index (χ4v) is 2.31. The second-order valence-corrected chi connectivity index (χ2v) is 4.50. The highest BCUT2D eigenvalue weighted by atomic mass is 32.1. The Morgan fingerprint density at radius 1 is 1.69 bits per heavy atom. The van der Waals surface area contributed by atoms with Gasteiger partial charge in [0.2, 0.25) is 0 Å². The Morgan fingerprint density at radius 3 is 3.25 bits per heavy atom. The topological polar surface area (TPSA) is 44.8 Å². The van der Waals surface area contributed by atoms with Gasteiger partial charge in [-0.1, -0.05) is 0 Å². The Bertz CT molecular complexity index is 355.